The van der Waals surface area contributed by atoms with E-state index >= 15 is 0 Å². The van der Waals surface area contributed by atoms with Gasteiger partial charge in [0.15, 0.2) is 0 Å². The molecule has 0 radical (unpaired) electrons. The number of nitro groups is 2. The first-order chi connectivity index (χ1) is 12.7. The molecule has 0 aromatic heterocycles. The summed E-state index contributed by atoms with van der Waals surface area (Å²) in [5, 5.41) is 42.4. The van der Waals surface area contributed by atoms with Crippen molar-refractivity contribution in [1.29, 1.82) is 0 Å². The van der Waals surface area contributed by atoms with Gasteiger partial charge in [0.05, 0.1) is 21.3 Å². The molecular weight excluding hydrogens is 392 g/mol. The lowest BCUT2D eigenvalue weighted by Gasteiger charge is -2.16. The van der Waals surface area contributed by atoms with Crippen LogP contribution in [0.3, 0.4) is 0 Å². The monoisotopic (exact) mass is 404 g/mol. The standard InChI is InChI=1S/C12H12N4O10S/c17-12(18)8-5-27-11(13-8)7-3-6(14(19)20)4-9(15(21)22)10(7)25-1-2-26-16(23)24/h3-4,8,11,13H,1-2,5H2,(H,17,18). The highest BCUT2D eigenvalue weighted by Gasteiger charge is 2.36. The van der Waals surface area contributed by atoms with Crippen LogP contribution in [-0.2, 0) is 9.63 Å². The van der Waals surface area contributed by atoms with Gasteiger partial charge in [-0.3, -0.25) is 30.3 Å². The maximum absolute atomic E-state index is 11.3. The van der Waals surface area contributed by atoms with Gasteiger partial charge in [-0.1, -0.05) is 0 Å². The summed E-state index contributed by atoms with van der Waals surface area (Å²) in [6.07, 6.45) is 0. The normalized spacial score (nSPS) is 18.7. The lowest BCUT2D eigenvalue weighted by molar-refractivity contribution is -0.757. The van der Waals surface area contributed by atoms with Crippen LogP contribution < -0.4 is 10.1 Å². The third kappa shape index (κ3) is 4.91. The average Bonchev–Trinajstić information content (AvgIpc) is 3.08. The number of carbonyl (C=O) groups is 1. The zero-order chi connectivity index (χ0) is 20.1. The number of hydrogen-bond donors (Lipinski definition) is 2. The van der Waals surface area contributed by atoms with E-state index in [4.69, 9.17) is 9.84 Å². The Balaban J connectivity index is 2.40. The van der Waals surface area contributed by atoms with Crippen molar-refractivity contribution in [3.63, 3.8) is 0 Å². The van der Waals surface area contributed by atoms with Crippen molar-refractivity contribution in [3.05, 3.63) is 48.0 Å². The van der Waals surface area contributed by atoms with E-state index in [1.54, 1.807) is 0 Å². The van der Waals surface area contributed by atoms with E-state index in [9.17, 15) is 35.1 Å². The van der Waals surface area contributed by atoms with Crippen LogP contribution in [0.15, 0.2) is 12.1 Å². The van der Waals surface area contributed by atoms with Gasteiger partial charge in [-0.2, -0.15) is 0 Å². The molecule has 2 N–H and O–H groups in total. The van der Waals surface area contributed by atoms with Crippen molar-refractivity contribution in [2.24, 2.45) is 0 Å². The van der Waals surface area contributed by atoms with Gasteiger partial charge in [-0.05, 0) is 0 Å². The molecule has 1 heterocycles. The minimum Gasteiger partial charge on any atom is -0.484 e. The number of nitrogens with zero attached hydrogens (tertiary/aromatic N) is 3. The van der Waals surface area contributed by atoms with Crippen molar-refractivity contribution in [2.45, 2.75) is 11.4 Å². The Morgan fingerprint density at radius 2 is 1.93 bits per heavy atom. The maximum atomic E-state index is 11.3. The number of nitro benzene ring substituents is 2. The van der Waals surface area contributed by atoms with Crippen molar-refractivity contribution in [1.82, 2.24) is 5.32 Å². The molecule has 1 fully saturated rings. The first kappa shape index (κ1) is 20.1. The summed E-state index contributed by atoms with van der Waals surface area (Å²) in [5.74, 6) is -1.37. The summed E-state index contributed by atoms with van der Waals surface area (Å²) in [6, 6.07) is 0.775. The number of aliphatic carboxylic acids is 1. The van der Waals surface area contributed by atoms with Crippen LogP contribution in [-0.4, -0.2) is 51.0 Å². The van der Waals surface area contributed by atoms with E-state index in [-0.39, 0.29) is 17.1 Å². The van der Waals surface area contributed by atoms with Crippen LogP contribution in [0.1, 0.15) is 10.9 Å². The van der Waals surface area contributed by atoms with Gasteiger partial charge in [0.1, 0.15) is 19.3 Å². The van der Waals surface area contributed by atoms with Crippen LogP contribution in [0.4, 0.5) is 11.4 Å². The van der Waals surface area contributed by atoms with Gasteiger partial charge < -0.3 is 14.7 Å². The Kier molecular flexibility index (Phi) is 6.30. The van der Waals surface area contributed by atoms with Crippen molar-refractivity contribution in [3.8, 4) is 5.75 Å². The van der Waals surface area contributed by atoms with Gasteiger partial charge in [-0.25, -0.2) is 0 Å². The molecule has 2 rings (SSSR count). The first-order valence-electron chi connectivity index (χ1n) is 7.18. The summed E-state index contributed by atoms with van der Waals surface area (Å²) in [6.45, 7) is -0.962. The van der Waals surface area contributed by atoms with Gasteiger partial charge in [0.2, 0.25) is 5.75 Å². The van der Waals surface area contributed by atoms with E-state index in [1.165, 1.54) is 0 Å². The summed E-state index contributed by atoms with van der Waals surface area (Å²) in [7, 11) is 0. The molecule has 2 atom stereocenters. The molecule has 0 spiro atoms. The molecule has 0 aliphatic carbocycles. The minimum absolute atomic E-state index is 0.00856. The number of hydrogen-bond acceptors (Lipinski definition) is 11. The van der Waals surface area contributed by atoms with E-state index in [1.807, 2.05) is 0 Å². The Morgan fingerprint density at radius 3 is 2.44 bits per heavy atom. The maximum Gasteiger partial charge on any atom is 0.321 e. The van der Waals surface area contributed by atoms with E-state index in [0.717, 1.165) is 17.8 Å². The second kappa shape index (κ2) is 8.45. The Morgan fingerprint density at radius 1 is 1.22 bits per heavy atom. The molecule has 15 heteroatoms. The zero-order valence-electron chi connectivity index (χ0n) is 13.3. The summed E-state index contributed by atoms with van der Waals surface area (Å²) < 4.78 is 5.23. The quantitative estimate of drug-likeness (QED) is 0.335. The molecule has 1 aliphatic heterocycles. The van der Waals surface area contributed by atoms with Gasteiger partial charge >= 0.3 is 11.7 Å². The third-order valence-corrected chi connectivity index (χ3v) is 4.63. The topological polar surface area (TPSA) is 197 Å². The number of thioether (sulfide) groups is 1. The molecule has 0 saturated carbocycles. The van der Waals surface area contributed by atoms with Crippen molar-refractivity contribution < 1.29 is 34.4 Å². The number of benzene rings is 1. The molecule has 0 amide bonds. The number of carboxylic acids is 1. The second-order valence-electron chi connectivity index (χ2n) is 5.07. The van der Waals surface area contributed by atoms with Crippen molar-refractivity contribution in [2.75, 3.05) is 19.0 Å². The Bertz CT molecular complexity index is 788. The van der Waals surface area contributed by atoms with Gasteiger partial charge in [0.25, 0.3) is 10.8 Å². The van der Waals surface area contributed by atoms with Crippen LogP contribution in [0, 0.1) is 30.3 Å². The number of ether oxygens (including phenoxy) is 1. The highest BCUT2D eigenvalue weighted by Crippen LogP contribution is 2.44. The van der Waals surface area contributed by atoms with Crippen LogP contribution in [0.5, 0.6) is 5.75 Å². The fourth-order valence-electron chi connectivity index (χ4n) is 2.26. The highest BCUT2D eigenvalue weighted by molar-refractivity contribution is 7.99. The molecular formula is C12H12N4O10S. The van der Waals surface area contributed by atoms with Gasteiger partial charge in [0, 0.05) is 17.4 Å². The Hall–Kier alpha value is -3.20. The van der Waals surface area contributed by atoms with Crippen LogP contribution in [0.25, 0.3) is 0 Å². The lowest BCUT2D eigenvalue weighted by Crippen LogP contribution is -2.33. The zero-order valence-corrected chi connectivity index (χ0v) is 14.1. The fraction of sp³-hybridized carbons (Fsp3) is 0.417. The lowest BCUT2D eigenvalue weighted by atomic mass is 10.1. The number of nitrogens with one attached hydrogen (secondary N) is 1. The molecule has 146 valence electrons. The predicted molar refractivity (Wildman–Crippen MR) is 88.0 cm³/mol. The molecule has 1 saturated heterocycles. The molecule has 27 heavy (non-hydrogen) atoms. The largest absolute Gasteiger partial charge is 0.484 e. The molecule has 14 nitrogen and oxygen atoms in total. The fourth-order valence-corrected chi connectivity index (χ4v) is 3.50. The van der Waals surface area contributed by atoms with Gasteiger partial charge in [-0.15, -0.1) is 21.9 Å². The summed E-state index contributed by atoms with van der Waals surface area (Å²) in [4.78, 5) is 46.0. The van der Waals surface area contributed by atoms with Crippen LogP contribution >= 0.6 is 11.8 Å². The summed E-state index contributed by atoms with van der Waals surface area (Å²) in [5.41, 5.74) is -1.31. The van der Waals surface area contributed by atoms with E-state index < -0.39 is 56.9 Å². The third-order valence-electron chi connectivity index (χ3n) is 3.38. The number of non-ortho nitro benzene ring substituents is 1. The average molecular weight is 404 g/mol. The number of rotatable bonds is 9. The van der Waals surface area contributed by atoms with Crippen LogP contribution in [0.2, 0.25) is 0 Å². The molecule has 1 aromatic rings. The van der Waals surface area contributed by atoms with E-state index in [0.29, 0.717) is 6.07 Å². The molecule has 1 aromatic carbocycles. The van der Waals surface area contributed by atoms with E-state index in [2.05, 4.69) is 10.2 Å². The number of carboxylic acid groups (broad SMARTS) is 1. The first-order valence-corrected chi connectivity index (χ1v) is 8.23. The Labute approximate surface area is 153 Å². The second-order valence-corrected chi connectivity index (χ2v) is 6.21. The summed E-state index contributed by atoms with van der Waals surface area (Å²) >= 11 is 1.07. The molecule has 1 aliphatic rings. The minimum atomic E-state index is -1.15. The predicted octanol–water partition coefficient (Wildman–Crippen LogP) is 0.878. The SMILES string of the molecule is O=C(O)C1CSC(c2cc([N+](=O)[O-])cc([N+](=O)[O-])c2OCCO[N+](=O)[O-])N1. The van der Waals surface area contributed by atoms with Crippen molar-refractivity contribution >= 4 is 29.1 Å². The molecule has 0 bridgehead atoms. The molecule has 2 unspecified atom stereocenters. The smallest absolute Gasteiger partial charge is 0.321 e. The highest BCUT2D eigenvalue weighted by atomic mass is 32.2.